The second kappa shape index (κ2) is 5.21. The SMILES string of the molecule is C#CC(=O)O[C@@H]1C[C@H](C(C)C)CC[C@H]1C. The molecule has 0 bridgehead atoms. The Kier molecular flexibility index (Phi) is 4.20. The fourth-order valence-electron chi connectivity index (χ4n) is 2.25. The van der Waals surface area contributed by atoms with Crippen LogP contribution < -0.4 is 0 Å². The maximum Gasteiger partial charge on any atom is 0.384 e. The Morgan fingerprint density at radius 3 is 2.67 bits per heavy atom. The van der Waals surface area contributed by atoms with E-state index in [4.69, 9.17) is 11.2 Å². The first-order valence-corrected chi connectivity index (χ1v) is 5.71. The van der Waals surface area contributed by atoms with Crippen LogP contribution in [0.3, 0.4) is 0 Å². The summed E-state index contributed by atoms with van der Waals surface area (Å²) >= 11 is 0. The lowest BCUT2D eigenvalue weighted by atomic mass is 9.76. The van der Waals surface area contributed by atoms with Crippen molar-refractivity contribution in [2.45, 2.75) is 46.1 Å². The zero-order chi connectivity index (χ0) is 11.4. The summed E-state index contributed by atoms with van der Waals surface area (Å²) in [6.45, 7) is 6.58. The quantitative estimate of drug-likeness (QED) is 0.396. The highest BCUT2D eigenvalue weighted by atomic mass is 16.5. The van der Waals surface area contributed by atoms with E-state index in [0.717, 1.165) is 12.8 Å². The van der Waals surface area contributed by atoms with Crippen molar-refractivity contribution >= 4 is 5.97 Å². The second-order valence-corrected chi connectivity index (χ2v) is 4.88. The predicted molar refractivity (Wildman–Crippen MR) is 60.1 cm³/mol. The fraction of sp³-hybridized carbons (Fsp3) is 0.769. The molecule has 0 aromatic heterocycles. The van der Waals surface area contributed by atoms with Crippen molar-refractivity contribution in [1.82, 2.24) is 0 Å². The van der Waals surface area contributed by atoms with Crippen LogP contribution in [0.1, 0.15) is 40.0 Å². The number of rotatable bonds is 2. The minimum Gasteiger partial charge on any atom is -0.453 e. The van der Waals surface area contributed by atoms with E-state index in [1.54, 1.807) is 0 Å². The molecule has 84 valence electrons. The number of esters is 1. The molecule has 0 N–H and O–H groups in total. The number of carbonyl (C=O) groups is 1. The van der Waals surface area contributed by atoms with E-state index >= 15 is 0 Å². The van der Waals surface area contributed by atoms with Gasteiger partial charge in [-0.2, -0.15) is 0 Å². The minimum atomic E-state index is -0.517. The molecule has 15 heavy (non-hydrogen) atoms. The lowest BCUT2D eigenvalue weighted by Gasteiger charge is -2.35. The molecule has 0 amide bonds. The molecule has 0 radical (unpaired) electrons. The third-order valence-electron chi connectivity index (χ3n) is 3.48. The van der Waals surface area contributed by atoms with Crippen LogP contribution in [0.25, 0.3) is 0 Å². The molecule has 0 aliphatic heterocycles. The molecule has 0 aromatic carbocycles. The average Bonchev–Trinajstić information content (AvgIpc) is 2.20. The largest absolute Gasteiger partial charge is 0.453 e. The Balaban J connectivity index is 2.54. The zero-order valence-electron chi connectivity index (χ0n) is 9.82. The summed E-state index contributed by atoms with van der Waals surface area (Å²) in [6.07, 6.45) is 8.36. The molecule has 0 saturated heterocycles. The van der Waals surface area contributed by atoms with E-state index < -0.39 is 5.97 Å². The van der Waals surface area contributed by atoms with Gasteiger partial charge < -0.3 is 4.74 Å². The molecular formula is C13H20O2. The average molecular weight is 208 g/mol. The maximum absolute atomic E-state index is 11.0. The van der Waals surface area contributed by atoms with Crippen molar-refractivity contribution in [1.29, 1.82) is 0 Å². The first-order chi connectivity index (χ1) is 7.04. The Morgan fingerprint density at radius 1 is 1.47 bits per heavy atom. The van der Waals surface area contributed by atoms with E-state index in [9.17, 15) is 4.79 Å². The fourth-order valence-corrected chi connectivity index (χ4v) is 2.25. The number of hydrogen-bond acceptors (Lipinski definition) is 2. The van der Waals surface area contributed by atoms with Crippen molar-refractivity contribution in [2.75, 3.05) is 0 Å². The summed E-state index contributed by atoms with van der Waals surface area (Å²) in [5, 5.41) is 0. The number of ether oxygens (including phenoxy) is 1. The lowest BCUT2D eigenvalue weighted by Crippen LogP contribution is -2.33. The van der Waals surface area contributed by atoms with Gasteiger partial charge in [0.15, 0.2) is 0 Å². The van der Waals surface area contributed by atoms with Crippen molar-refractivity contribution in [3.63, 3.8) is 0 Å². The third kappa shape index (κ3) is 3.27. The van der Waals surface area contributed by atoms with Crippen LogP contribution in [0, 0.1) is 30.1 Å². The van der Waals surface area contributed by atoms with Crippen molar-refractivity contribution in [2.24, 2.45) is 17.8 Å². The monoisotopic (exact) mass is 208 g/mol. The Bertz CT molecular complexity index is 262. The zero-order valence-corrected chi connectivity index (χ0v) is 9.82. The van der Waals surface area contributed by atoms with Crippen molar-refractivity contribution in [3.05, 3.63) is 0 Å². The molecule has 0 unspecified atom stereocenters. The van der Waals surface area contributed by atoms with Crippen LogP contribution in [0.5, 0.6) is 0 Å². The Morgan fingerprint density at radius 2 is 2.13 bits per heavy atom. The summed E-state index contributed by atoms with van der Waals surface area (Å²) in [7, 11) is 0. The summed E-state index contributed by atoms with van der Waals surface area (Å²) < 4.78 is 5.26. The smallest absolute Gasteiger partial charge is 0.384 e. The van der Waals surface area contributed by atoms with Crippen molar-refractivity contribution in [3.8, 4) is 12.3 Å². The van der Waals surface area contributed by atoms with Gasteiger partial charge in [0.2, 0.25) is 0 Å². The van der Waals surface area contributed by atoms with Gasteiger partial charge in [-0.15, -0.1) is 6.42 Å². The van der Waals surface area contributed by atoms with Crippen LogP contribution >= 0.6 is 0 Å². The van der Waals surface area contributed by atoms with Crippen LogP contribution in [0.4, 0.5) is 0 Å². The van der Waals surface area contributed by atoms with E-state index in [0.29, 0.717) is 17.8 Å². The van der Waals surface area contributed by atoms with Crippen LogP contribution in [0.15, 0.2) is 0 Å². The number of hydrogen-bond donors (Lipinski definition) is 0. The summed E-state index contributed by atoms with van der Waals surface area (Å²) in [5.41, 5.74) is 0. The summed E-state index contributed by atoms with van der Waals surface area (Å²) in [5.74, 6) is 3.26. The first kappa shape index (κ1) is 12.1. The molecule has 2 heteroatoms. The topological polar surface area (TPSA) is 26.3 Å². The Labute approximate surface area is 92.4 Å². The van der Waals surface area contributed by atoms with Gasteiger partial charge in [-0.1, -0.05) is 20.8 Å². The van der Waals surface area contributed by atoms with E-state index in [2.05, 4.69) is 20.8 Å². The lowest BCUT2D eigenvalue weighted by molar-refractivity contribution is -0.147. The second-order valence-electron chi connectivity index (χ2n) is 4.88. The van der Waals surface area contributed by atoms with Crippen LogP contribution in [-0.4, -0.2) is 12.1 Å². The Hall–Kier alpha value is -0.970. The van der Waals surface area contributed by atoms with Gasteiger partial charge in [0.05, 0.1) is 0 Å². The molecule has 0 aromatic rings. The molecule has 0 spiro atoms. The molecule has 1 aliphatic carbocycles. The highest BCUT2D eigenvalue weighted by Gasteiger charge is 2.31. The minimum absolute atomic E-state index is 0.0229. The highest BCUT2D eigenvalue weighted by Crippen LogP contribution is 2.34. The molecule has 0 heterocycles. The first-order valence-electron chi connectivity index (χ1n) is 5.71. The molecule has 2 nitrogen and oxygen atoms in total. The number of carbonyl (C=O) groups excluding carboxylic acids is 1. The van der Waals surface area contributed by atoms with Gasteiger partial charge in [0, 0.05) is 5.92 Å². The van der Waals surface area contributed by atoms with Crippen LogP contribution in [0.2, 0.25) is 0 Å². The molecular weight excluding hydrogens is 188 g/mol. The van der Waals surface area contributed by atoms with Crippen molar-refractivity contribution < 1.29 is 9.53 Å². The van der Waals surface area contributed by atoms with E-state index in [-0.39, 0.29) is 6.10 Å². The summed E-state index contributed by atoms with van der Waals surface area (Å²) in [6, 6.07) is 0. The van der Waals surface area contributed by atoms with Gasteiger partial charge in [-0.3, -0.25) is 0 Å². The highest BCUT2D eigenvalue weighted by molar-refractivity contribution is 5.87. The van der Waals surface area contributed by atoms with E-state index in [1.165, 1.54) is 6.42 Å². The molecule has 3 atom stereocenters. The standard InChI is InChI=1S/C13H20O2/c1-5-13(14)15-12-8-11(9(2)3)7-6-10(12)4/h1,9-12H,6-8H2,2-4H3/t10-,11-,12-/m1/s1. The molecule has 1 fully saturated rings. The normalized spacial score (nSPS) is 31.0. The van der Waals surface area contributed by atoms with Gasteiger partial charge in [-0.05, 0) is 37.0 Å². The third-order valence-corrected chi connectivity index (χ3v) is 3.48. The van der Waals surface area contributed by atoms with E-state index in [1.807, 2.05) is 5.92 Å². The maximum atomic E-state index is 11.0. The van der Waals surface area contributed by atoms with Gasteiger partial charge in [0.1, 0.15) is 6.10 Å². The predicted octanol–water partition coefficient (Wildman–Crippen LogP) is 2.62. The molecule has 1 aliphatic rings. The van der Waals surface area contributed by atoms with Crippen LogP contribution in [-0.2, 0) is 9.53 Å². The van der Waals surface area contributed by atoms with Gasteiger partial charge in [-0.25, -0.2) is 4.79 Å². The van der Waals surface area contributed by atoms with Gasteiger partial charge in [0.25, 0.3) is 0 Å². The molecule has 1 saturated carbocycles. The van der Waals surface area contributed by atoms with Gasteiger partial charge >= 0.3 is 5.97 Å². The summed E-state index contributed by atoms with van der Waals surface area (Å²) in [4.78, 5) is 11.0. The number of terminal acetylenes is 1. The molecule has 1 rings (SSSR count).